The second kappa shape index (κ2) is 6.12. The van der Waals surface area contributed by atoms with Gasteiger partial charge in [-0.3, -0.25) is 4.99 Å². The zero-order valence-electron chi connectivity index (χ0n) is 11.3. The highest BCUT2D eigenvalue weighted by atomic mass is 32.2. The van der Waals surface area contributed by atoms with Crippen molar-refractivity contribution in [2.75, 3.05) is 12.3 Å². The van der Waals surface area contributed by atoms with Crippen molar-refractivity contribution in [3.05, 3.63) is 0 Å². The van der Waals surface area contributed by atoms with Gasteiger partial charge in [-0.15, -0.1) is 0 Å². The normalized spacial score (nSPS) is 27.3. The second-order valence-electron chi connectivity index (χ2n) is 5.55. The summed E-state index contributed by atoms with van der Waals surface area (Å²) in [6, 6.07) is 0. The summed E-state index contributed by atoms with van der Waals surface area (Å²) >= 11 is 1.93. The fraction of sp³-hybridized carbons (Fsp3) is 0.929. The van der Waals surface area contributed by atoms with E-state index in [1.54, 1.807) is 0 Å². The Labute approximate surface area is 110 Å². The summed E-state index contributed by atoms with van der Waals surface area (Å²) in [5, 5.41) is 4.86. The molecule has 0 unspecified atom stereocenters. The van der Waals surface area contributed by atoms with Crippen LogP contribution in [0.1, 0.15) is 58.8 Å². The van der Waals surface area contributed by atoms with Crippen molar-refractivity contribution in [3.8, 4) is 0 Å². The van der Waals surface area contributed by atoms with Crippen LogP contribution in [0.5, 0.6) is 0 Å². The molecular weight excluding hydrogens is 228 g/mol. The van der Waals surface area contributed by atoms with Crippen LogP contribution in [-0.4, -0.2) is 23.0 Å². The zero-order chi connectivity index (χ0) is 12.1. The molecule has 0 aromatic heterocycles. The van der Waals surface area contributed by atoms with Gasteiger partial charge in [0.2, 0.25) is 0 Å². The van der Waals surface area contributed by atoms with Crippen LogP contribution in [0, 0.1) is 5.92 Å². The highest BCUT2D eigenvalue weighted by Gasteiger charge is 2.33. The first-order valence-corrected chi connectivity index (χ1v) is 8.22. The molecule has 1 saturated carbocycles. The highest BCUT2D eigenvalue weighted by molar-refractivity contribution is 8.14. The number of aliphatic imine (C=N–C) groups is 1. The lowest BCUT2D eigenvalue weighted by atomic mass is 9.89. The molecule has 0 amide bonds. The largest absolute Gasteiger partial charge is 0.359 e. The standard InChI is InChI=1S/C14H26N2S/c1-3-14(4-2)11-17-13(16-14)15-10-12-8-6-5-7-9-12/h12H,3-11H2,1-2H3,(H,15,16). The van der Waals surface area contributed by atoms with Crippen LogP contribution in [0.15, 0.2) is 4.99 Å². The molecule has 0 spiro atoms. The van der Waals surface area contributed by atoms with Crippen LogP contribution >= 0.6 is 11.8 Å². The monoisotopic (exact) mass is 254 g/mol. The highest BCUT2D eigenvalue weighted by Crippen LogP contribution is 2.30. The second-order valence-corrected chi connectivity index (χ2v) is 6.52. The molecule has 1 aliphatic heterocycles. The first-order chi connectivity index (χ1) is 8.28. The van der Waals surface area contributed by atoms with E-state index in [0.29, 0.717) is 5.54 Å². The van der Waals surface area contributed by atoms with E-state index in [-0.39, 0.29) is 0 Å². The summed E-state index contributed by atoms with van der Waals surface area (Å²) in [6.07, 6.45) is 9.49. The van der Waals surface area contributed by atoms with Crippen molar-refractivity contribution in [1.29, 1.82) is 0 Å². The van der Waals surface area contributed by atoms with Gasteiger partial charge < -0.3 is 5.32 Å². The topological polar surface area (TPSA) is 24.4 Å². The van der Waals surface area contributed by atoms with E-state index in [1.807, 2.05) is 11.8 Å². The number of nitrogens with one attached hydrogen (secondary N) is 1. The molecule has 0 bridgehead atoms. The number of thioether (sulfide) groups is 1. The van der Waals surface area contributed by atoms with E-state index in [4.69, 9.17) is 4.99 Å². The van der Waals surface area contributed by atoms with E-state index >= 15 is 0 Å². The molecular formula is C14H26N2S. The zero-order valence-corrected chi connectivity index (χ0v) is 12.1. The predicted octanol–water partition coefficient (Wildman–Crippen LogP) is 3.82. The smallest absolute Gasteiger partial charge is 0.157 e. The molecule has 2 rings (SSSR count). The Morgan fingerprint density at radius 3 is 2.53 bits per heavy atom. The first kappa shape index (κ1) is 13.3. The van der Waals surface area contributed by atoms with Crippen molar-refractivity contribution >= 4 is 16.9 Å². The van der Waals surface area contributed by atoms with Crippen LogP contribution in [0.4, 0.5) is 0 Å². The molecule has 0 atom stereocenters. The molecule has 17 heavy (non-hydrogen) atoms. The molecule has 2 nitrogen and oxygen atoms in total. The third-order valence-corrected chi connectivity index (χ3v) is 5.63. The Morgan fingerprint density at radius 2 is 1.94 bits per heavy atom. The van der Waals surface area contributed by atoms with Crippen molar-refractivity contribution in [1.82, 2.24) is 5.32 Å². The lowest BCUT2D eigenvalue weighted by Gasteiger charge is -2.25. The molecule has 1 aliphatic carbocycles. The molecule has 0 aromatic rings. The van der Waals surface area contributed by atoms with E-state index in [2.05, 4.69) is 19.2 Å². The van der Waals surface area contributed by atoms with Gasteiger partial charge in [0, 0.05) is 17.8 Å². The number of hydrogen-bond acceptors (Lipinski definition) is 2. The third-order valence-electron chi connectivity index (χ3n) is 4.43. The Balaban J connectivity index is 1.82. The number of nitrogens with zero attached hydrogens (tertiary/aromatic N) is 1. The van der Waals surface area contributed by atoms with Crippen LogP contribution < -0.4 is 5.32 Å². The molecule has 3 heteroatoms. The number of rotatable bonds is 4. The van der Waals surface area contributed by atoms with Gasteiger partial charge in [0.1, 0.15) is 0 Å². The molecule has 1 heterocycles. The molecule has 0 aromatic carbocycles. The molecule has 0 radical (unpaired) electrons. The van der Waals surface area contributed by atoms with Crippen molar-refractivity contribution in [3.63, 3.8) is 0 Å². The van der Waals surface area contributed by atoms with Crippen molar-refractivity contribution < 1.29 is 0 Å². The summed E-state index contributed by atoms with van der Waals surface area (Å²) in [7, 11) is 0. The van der Waals surface area contributed by atoms with E-state index in [9.17, 15) is 0 Å². The fourth-order valence-electron chi connectivity index (χ4n) is 2.80. The van der Waals surface area contributed by atoms with Gasteiger partial charge in [0.05, 0.1) is 0 Å². The van der Waals surface area contributed by atoms with Gasteiger partial charge in [0.25, 0.3) is 0 Å². The fourth-order valence-corrected chi connectivity index (χ4v) is 4.15. The maximum absolute atomic E-state index is 4.81. The summed E-state index contributed by atoms with van der Waals surface area (Å²) in [5.74, 6) is 2.06. The van der Waals surface area contributed by atoms with Crippen LogP contribution in [0.2, 0.25) is 0 Å². The summed E-state index contributed by atoms with van der Waals surface area (Å²) in [4.78, 5) is 4.81. The Morgan fingerprint density at radius 1 is 1.24 bits per heavy atom. The third kappa shape index (κ3) is 3.40. The molecule has 98 valence electrons. The maximum atomic E-state index is 4.81. The molecule has 1 N–H and O–H groups in total. The quantitative estimate of drug-likeness (QED) is 0.825. The maximum Gasteiger partial charge on any atom is 0.157 e. The Kier molecular flexibility index (Phi) is 4.78. The van der Waals surface area contributed by atoms with Crippen LogP contribution in [0.3, 0.4) is 0 Å². The van der Waals surface area contributed by atoms with Crippen LogP contribution in [-0.2, 0) is 0 Å². The minimum Gasteiger partial charge on any atom is -0.359 e. The van der Waals surface area contributed by atoms with Gasteiger partial charge in [-0.05, 0) is 31.6 Å². The predicted molar refractivity (Wildman–Crippen MR) is 77.8 cm³/mol. The molecule has 2 aliphatic rings. The molecule has 2 fully saturated rings. The molecule has 1 saturated heterocycles. The van der Waals surface area contributed by atoms with Gasteiger partial charge in [-0.25, -0.2) is 0 Å². The Bertz CT molecular complexity index is 265. The summed E-state index contributed by atoms with van der Waals surface area (Å²) in [6.45, 7) is 5.61. The van der Waals surface area contributed by atoms with E-state index < -0.39 is 0 Å². The average molecular weight is 254 g/mol. The number of amidine groups is 1. The van der Waals surface area contributed by atoms with E-state index in [0.717, 1.165) is 12.5 Å². The van der Waals surface area contributed by atoms with Gasteiger partial charge in [-0.2, -0.15) is 0 Å². The van der Waals surface area contributed by atoms with Gasteiger partial charge >= 0.3 is 0 Å². The van der Waals surface area contributed by atoms with Crippen molar-refractivity contribution in [2.45, 2.75) is 64.3 Å². The Hall–Kier alpha value is -0.180. The summed E-state index contributed by atoms with van der Waals surface area (Å²) < 4.78 is 0. The lowest BCUT2D eigenvalue weighted by molar-refractivity contribution is 0.365. The van der Waals surface area contributed by atoms with Crippen molar-refractivity contribution in [2.24, 2.45) is 10.9 Å². The minimum atomic E-state index is 0.329. The average Bonchev–Trinajstić information content (AvgIpc) is 2.82. The van der Waals surface area contributed by atoms with Crippen LogP contribution in [0.25, 0.3) is 0 Å². The van der Waals surface area contributed by atoms with Gasteiger partial charge in [0.15, 0.2) is 5.17 Å². The first-order valence-electron chi connectivity index (χ1n) is 7.23. The number of hydrogen-bond donors (Lipinski definition) is 1. The van der Waals surface area contributed by atoms with E-state index in [1.165, 1.54) is 55.9 Å². The summed E-state index contributed by atoms with van der Waals surface area (Å²) in [5.41, 5.74) is 0.329. The minimum absolute atomic E-state index is 0.329. The van der Waals surface area contributed by atoms with Gasteiger partial charge in [-0.1, -0.05) is 44.9 Å². The lowest BCUT2D eigenvalue weighted by Crippen LogP contribution is -2.42. The SMILES string of the molecule is CCC1(CC)CSC(=NCC2CCCCC2)N1.